The van der Waals surface area contributed by atoms with Crippen LogP contribution in [0.3, 0.4) is 0 Å². The lowest BCUT2D eigenvalue weighted by Crippen LogP contribution is -2.14. The SMILES string of the molecule is CCC(=O)O/N=C(\N)c1ccccc1. The predicted molar refractivity (Wildman–Crippen MR) is 53.5 cm³/mol. The summed E-state index contributed by atoms with van der Waals surface area (Å²) >= 11 is 0. The maximum absolute atomic E-state index is 10.8. The third-order valence-corrected chi connectivity index (χ3v) is 1.60. The first-order valence-electron chi connectivity index (χ1n) is 4.32. The van der Waals surface area contributed by atoms with Crippen molar-refractivity contribution in [3.63, 3.8) is 0 Å². The molecule has 1 rings (SSSR count). The lowest BCUT2D eigenvalue weighted by molar-refractivity contribution is -0.143. The van der Waals surface area contributed by atoms with Gasteiger partial charge in [-0.1, -0.05) is 42.4 Å². The van der Waals surface area contributed by atoms with Gasteiger partial charge in [0.25, 0.3) is 0 Å². The Morgan fingerprint density at radius 3 is 2.64 bits per heavy atom. The smallest absolute Gasteiger partial charge is 0.334 e. The van der Waals surface area contributed by atoms with E-state index in [-0.39, 0.29) is 12.3 Å². The second-order valence-corrected chi connectivity index (χ2v) is 2.66. The molecule has 0 radical (unpaired) electrons. The number of carbonyl (C=O) groups is 1. The first-order chi connectivity index (χ1) is 6.74. The van der Waals surface area contributed by atoms with Crippen LogP contribution in [0.1, 0.15) is 18.9 Å². The molecule has 0 aromatic heterocycles. The van der Waals surface area contributed by atoms with Crippen LogP contribution in [0, 0.1) is 0 Å². The molecule has 0 saturated heterocycles. The molecule has 2 N–H and O–H groups in total. The van der Waals surface area contributed by atoms with E-state index < -0.39 is 5.97 Å². The lowest BCUT2D eigenvalue weighted by Gasteiger charge is -1.98. The number of carbonyl (C=O) groups excluding carboxylic acids is 1. The quantitative estimate of drug-likeness (QED) is 0.339. The number of nitrogens with two attached hydrogens (primary N) is 1. The minimum atomic E-state index is -0.399. The number of amidine groups is 1. The summed E-state index contributed by atoms with van der Waals surface area (Å²) in [5.74, 6) is -0.198. The highest BCUT2D eigenvalue weighted by Gasteiger charge is 2.00. The first kappa shape index (κ1) is 10.2. The fraction of sp³-hybridized carbons (Fsp3) is 0.200. The molecule has 4 heteroatoms. The average Bonchev–Trinajstić information content (AvgIpc) is 2.26. The molecular formula is C10H12N2O2. The second kappa shape index (κ2) is 5.01. The fourth-order valence-corrected chi connectivity index (χ4v) is 0.826. The maximum Gasteiger partial charge on any atom is 0.334 e. The van der Waals surface area contributed by atoms with Crippen molar-refractivity contribution in [1.29, 1.82) is 0 Å². The topological polar surface area (TPSA) is 64.7 Å². The molecular weight excluding hydrogens is 180 g/mol. The molecule has 0 bridgehead atoms. The Balaban J connectivity index is 2.66. The lowest BCUT2D eigenvalue weighted by atomic mass is 10.2. The molecule has 14 heavy (non-hydrogen) atoms. The van der Waals surface area contributed by atoms with E-state index in [2.05, 4.69) is 9.99 Å². The Kier molecular flexibility index (Phi) is 3.67. The van der Waals surface area contributed by atoms with Gasteiger partial charge in [0.2, 0.25) is 0 Å². The summed E-state index contributed by atoms with van der Waals surface area (Å²) in [6.45, 7) is 1.69. The number of rotatable bonds is 3. The number of hydrogen-bond donors (Lipinski definition) is 1. The molecule has 0 heterocycles. The third kappa shape index (κ3) is 2.90. The molecule has 4 nitrogen and oxygen atoms in total. The van der Waals surface area contributed by atoms with Gasteiger partial charge in [-0.25, -0.2) is 4.79 Å². The van der Waals surface area contributed by atoms with Crippen LogP contribution >= 0.6 is 0 Å². The van der Waals surface area contributed by atoms with Crippen LogP contribution in [0.15, 0.2) is 35.5 Å². The van der Waals surface area contributed by atoms with Crippen molar-refractivity contribution in [2.24, 2.45) is 10.9 Å². The highest BCUT2D eigenvalue weighted by atomic mass is 16.7. The average molecular weight is 192 g/mol. The van der Waals surface area contributed by atoms with E-state index in [1.54, 1.807) is 19.1 Å². The molecule has 0 saturated carbocycles. The molecule has 0 amide bonds. The van der Waals surface area contributed by atoms with Crippen molar-refractivity contribution in [3.8, 4) is 0 Å². The molecule has 1 aromatic carbocycles. The van der Waals surface area contributed by atoms with Crippen molar-refractivity contribution >= 4 is 11.8 Å². The summed E-state index contributed by atoms with van der Waals surface area (Å²) < 4.78 is 0. The van der Waals surface area contributed by atoms with Crippen LogP contribution in [-0.2, 0) is 9.63 Å². The Morgan fingerprint density at radius 1 is 1.43 bits per heavy atom. The summed E-state index contributed by atoms with van der Waals surface area (Å²) in [7, 11) is 0. The molecule has 0 aliphatic rings. The highest BCUT2D eigenvalue weighted by molar-refractivity contribution is 5.97. The fourth-order valence-electron chi connectivity index (χ4n) is 0.826. The van der Waals surface area contributed by atoms with Crippen LogP contribution in [0.5, 0.6) is 0 Å². The van der Waals surface area contributed by atoms with Gasteiger partial charge in [0.15, 0.2) is 5.84 Å². The van der Waals surface area contributed by atoms with E-state index in [1.807, 2.05) is 18.2 Å². The number of oxime groups is 1. The van der Waals surface area contributed by atoms with Crippen LogP contribution in [-0.4, -0.2) is 11.8 Å². The minimum Gasteiger partial charge on any atom is -0.380 e. The Morgan fingerprint density at radius 2 is 2.07 bits per heavy atom. The third-order valence-electron chi connectivity index (χ3n) is 1.60. The molecule has 0 aliphatic carbocycles. The summed E-state index contributed by atoms with van der Waals surface area (Å²) in [4.78, 5) is 15.3. The van der Waals surface area contributed by atoms with Crippen LogP contribution in [0.2, 0.25) is 0 Å². The van der Waals surface area contributed by atoms with Crippen molar-refractivity contribution < 1.29 is 9.63 Å². The molecule has 0 unspecified atom stereocenters. The van der Waals surface area contributed by atoms with Gasteiger partial charge in [0.1, 0.15) is 0 Å². The van der Waals surface area contributed by atoms with Crippen molar-refractivity contribution in [2.75, 3.05) is 0 Å². The van der Waals surface area contributed by atoms with E-state index in [0.717, 1.165) is 5.56 Å². The monoisotopic (exact) mass is 192 g/mol. The minimum absolute atomic E-state index is 0.201. The zero-order valence-corrected chi connectivity index (χ0v) is 7.93. The van der Waals surface area contributed by atoms with E-state index in [1.165, 1.54) is 0 Å². The van der Waals surface area contributed by atoms with Crippen molar-refractivity contribution in [3.05, 3.63) is 35.9 Å². The molecule has 0 spiro atoms. The van der Waals surface area contributed by atoms with Crippen LogP contribution in [0.25, 0.3) is 0 Å². The highest BCUT2D eigenvalue weighted by Crippen LogP contribution is 1.98. The second-order valence-electron chi connectivity index (χ2n) is 2.66. The van der Waals surface area contributed by atoms with Gasteiger partial charge in [0.05, 0.1) is 0 Å². The maximum atomic E-state index is 10.8. The van der Waals surface area contributed by atoms with Gasteiger partial charge in [-0.2, -0.15) is 0 Å². The predicted octanol–water partition coefficient (Wildman–Crippen LogP) is 1.26. The Bertz CT molecular complexity index is 333. The molecule has 1 aromatic rings. The Hall–Kier alpha value is -1.84. The molecule has 0 atom stereocenters. The van der Waals surface area contributed by atoms with Crippen molar-refractivity contribution in [1.82, 2.24) is 0 Å². The summed E-state index contributed by atoms with van der Waals surface area (Å²) in [6, 6.07) is 9.12. The normalized spacial score (nSPS) is 11.1. The summed E-state index contributed by atoms with van der Waals surface area (Å²) in [5.41, 5.74) is 6.30. The Labute approximate surface area is 82.4 Å². The van der Waals surface area contributed by atoms with E-state index in [4.69, 9.17) is 5.73 Å². The number of nitrogens with zero attached hydrogens (tertiary/aromatic N) is 1. The zero-order chi connectivity index (χ0) is 10.4. The first-order valence-corrected chi connectivity index (χ1v) is 4.32. The van der Waals surface area contributed by atoms with Crippen molar-refractivity contribution in [2.45, 2.75) is 13.3 Å². The molecule has 74 valence electrons. The van der Waals surface area contributed by atoms with Gasteiger partial charge < -0.3 is 10.6 Å². The van der Waals surface area contributed by atoms with Gasteiger partial charge in [0, 0.05) is 12.0 Å². The molecule has 0 aliphatic heterocycles. The van der Waals surface area contributed by atoms with E-state index in [9.17, 15) is 4.79 Å². The summed E-state index contributed by atoms with van der Waals surface area (Å²) in [5, 5.41) is 3.51. The van der Waals surface area contributed by atoms with Gasteiger partial charge >= 0.3 is 5.97 Å². The van der Waals surface area contributed by atoms with Crippen LogP contribution in [0.4, 0.5) is 0 Å². The number of benzene rings is 1. The van der Waals surface area contributed by atoms with Gasteiger partial charge in [-0.3, -0.25) is 0 Å². The summed E-state index contributed by atoms with van der Waals surface area (Å²) in [6.07, 6.45) is 0.283. The largest absolute Gasteiger partial charge is 0.380 e. The molecule has 0 fully saturated rings. The van der Waals surface area contributed by atoms with Gasteiger partial charge in [-0.05, 0) is 0 Å². The van der Waals surface area contributed by atoms with E-state index in [0.29, 0.717) is 0 Å². The number of hydrogen-bond acceptors (Lipinski definition) is 3. The zero-order valence-electron chi connectivity index (χ0n) is 7.93. The van der Waals surface area contributed by atoms with Gasteiger partial charge in [-0.15, -0.1) is 0 Å². The van der Waals surface area contributed by atoms with E-state index >= 15 is 0 Å². The standard InChI is InChI=1S/C10H12N2O2/c1-2-9(13)14-12-10(11)8-6-4-3-5-7-8/h3-7H,2H2,1H3,(H2,11,12). The van der Waals surface area contributed by atoms with Crippen LogP contribution < -0.4 is 5.73 Å².